The van der Waals surface area contributed by atoms with E-state index in [1.54, 1.807) is 0 Å². The lowest BCUT2D eigenvalue weighted by atomic mass is 9.84. The van der Waals surface area contributed by atoms with Gasteiger partial charge in [0.15, 0.2) is 5.96 Å². The van der Waals surface area contributed by atoms with E-state index in [2.05, 4.69) is 58.3 Å². The van der Waals surface area contributed by atoms with E-state index in [4.69, 9.17) is 4.99 Å². The monoisotopic (exact) mass is 367 g/mol. The molecule has 0 radical (unpaired) electrons. The Labute approximate surface area is 163 Å². The molecular weight excluding hydrogens is 334 g/mol. The smallest absolute Gasteiger partial charge is 0.191 e. The number of guanidine groups is 1. The van der Waals surface area contributed by atoms with E-state index in [9.17, 15) is 0 Å². The lowest BCUT2D eigenvalue weighted by Gasteiger charge is -2.29. The molecule has 1 aromatic heterocycles. The highest BCUT2D eigenvalue weighted by Crippen LogP contribution is 2.26. The van der Waals surface area contributed by atoms with E-state index in [1.807, 2.05) is 18.5 Å². The van der Waals surface area contributed by atoms with Crippen LogP contribution >= 0.6 is 0 Å². The Hall–Kier alpha value is -2.30. The van der Waals surface area contributed by atoms with E-state index in [1.165, 1.54) is 37.7 Å². The first-order valence-corrected chi connectivity index (χ1v) is 10.4. The molecule has 0 saturated heterocycles. The van der Waals surface area contributed by atoms with Crippen molar-refractivity contribution >= 4 is 5.96 Å². The van der Waals surface area contributed by atoms with Gasteiger partial charge < -0.3 is 15.2 Å². The Morgan fingerprint density at radius 3 is 2.63 bits per heavy atom. The zero-order valence-corrected chi connectivity index (χ0v) is 16.7. The predicted molar refractivity (Wildman–Crippen MR) is 112 cm³/mol. The molecule has 0 aliphatic heterocycles. The maximum Gasteiger partial charge on any atom is 0.191 e. The third-order valence-electron chi connectivity index (χ3n) is 5.49. The average Bonchev–Trinajstić information content (AvgIpc) is 3.14. The maximum absolute atomic E-state index is 4.80. The van der Waals surface area contributed by atoms with Gasteiger partial charge in [-0.3, -0.25) is 0 Å². The second-order valence-corrected chi connectivity index (χ2v) is 7.42. The van der Waals surface area contributed by atoms with Crippen molar-refractivity contribution < 1.29 is 0 Å². The van der Waals surface area contributed by atoms with Crippen molar-refractivity contribution in [1.82, 2.24) is 20.2 Å². The van der Waals surface area contributed by atoms with Crippen LogP contribution in [-0.4, -0.2) is 28.1 Å². The largest absolute Gasteiger partial charge is 0.357 e. The van der Waals surface area contributed by atoms with Crippen molar-refractivity contribution in [3.63, 3.8) is 0 Å². The van der Waals surface area contributed by atoms with Gasteiger partial charge >= 0.3 is 0 Å². The van der Waals surface area contributed by atoms with Crippen LogP contribution in [0.25, 0.3) is 0 Å². The highest BCUT2D eigenvalue weighted by molar-refractivity contribution is 5.80. The van der Waals surface area contributed by atoms with Gasteiger partial charge in [0.2, 0.25) is 0 Å². The SMILES string of the molecule is CCNC(=NCc1nccn1Cc1ccccc1)NC1CCC(CC)CC1. The van der Waals surface area contributed by atoms with Crippen LogP contribution in [0, 0.1) is 5.92 Å². The van der Waals surface area contributed by atoms with E-state index in [0.29, 0.717) is 12.6 Å². The summed E-state index contributed by atoms with van der Waals surface area (Å²) >= 11 is 0. The molecule has 0 atom stereocenters. The summed E-state index contributed by atoms with van der Waals surface area (Å²) in [6.07, 6.45) is 10.3. The van der Waals surface area contributed by atoms with Crippen molar-refractivity contribution in [2.75, 3.05) is 6.54 Å². The number of hydrogen-bond donors (Lipinski definition) is 2. The van der Waals surface area contributed by atoms with Crippen LogP contribution in [0.3, 0.4) is 0 Å². The predicted octanol–water partition coefficient (Wildman–Crippen LogP) is 3.96. The fraction of sp³-hybridized carbons (Fsp3) is 0.545. The van der Waals surface area contributed by atoms with Crippen LogP contribution in [0.5, 0.6) is 0 Å². The molecule has 2 N–H and O–H groups in total. The third kappa shape index (κ3) is 5.84. The molecule has 0 amide bonds. The summed E-state index contributed by atoms with van der Waals surface area (Å²) in [5, 5.41) is 7.02. The molecule has 0 unspecified atom stereocenters. The molecule has 1 fully saturated rings. The molecule has 0 bridgehead atoms. The molecule has 1 aliphatic carbocycles. The second kappa shape index (κ2) is 10.1. The molecule has 5 heteroatoms. The Morgan fingerprint density at radius 1 is 1.15 bits per heavy atom. The van der Waals surface area contributed by atoms with Gasteiger partial charge in [-0.2, -0.15) is 0 Å². The zero-order valence-electron chi connectivity index (χ0n) is 16.7. The minimum Gasteiger partial charge on any atom is -0.357 e. The average molecular weight is 368 g/mol. The number of aromatic nitrogens is 2. The van der Waals surface area contributed by atoms with Gasteiger partial charge in [-0.15, -0.1) is 0 Å². The number of hydrogen-bond acceptors (Lipinski definition) is 2. The Balaban J connectivity index is 1.59. The molecule has 146 valence electrons. The number of nitrogens with one attached hydrogen (secondary N) is 2. The maximum atomic E-state index is 4.80. The number of rotatable bonds is 7. The van der Waals surface area contributed by atoms with Crippen molar-refractivity contribution in [2.45, 2.75) is 65.1 Å². The quantitative estimate of drug-likeness (QED) is 0.575. The van der Waals surface area contributed by atoms with Crippen LogP contribution < -0.4 is 10.6 Å². The summed E-state index contributed by atoms with van der Waals surface area (Å²) in [6, 6.07) is 11.0. The first-order chi connectivity index (χ1) is 13.3. The van der Waals surface area contributed by atoms with Gasteiger partial charge in [0.1, 0.15) is 12.4 Å². The van der Waals surface area contributed by atoms with E-state index in [0.717, 1.165) is 30.8 Å². The zero-order chi connectivity index (χ0) is 18.9. The molecule has 0 spiro atoms. The summed E-state index contributed by atoms with van der Waals surface area (Å²) in [7, 11) is 0. The van der Waals surface area contributed by atoms with Crippen molar-refractivity contribution in [1.29, 1.82) is 0 Å². The summed E-state index contributed by atoms with van der Waals surface area (Å²) in [4.78, 5) is 9.32. The number of aliphatic imine (C=N–C) groups is 1. The molecule has 2 aromatic rings. The van der Waals surface area contributed by atoms with Gasteiger partial charge in [-0.25, -0.2) is 9.98 Å². The molecule has 1 heterocycles. The molecule has 3 rings (SSSR count). The highest BCUT2D eigenvalue weighted by Gasteiger charge is 2.20. The van der Waals surface area contributed by atoms with E-state index >= 15 is 0 Å². The van der Waals surface area contributed by atoms with Crippen molar-refractivity contribution in [3.05, 3.63) is 54.1 Å². The second-order valence-electron chi connectivity index (χ2n) is 7.42. The first kappa shape index (κ1) is 19.5. The van der Waals surface area contributed by atoms with Crippen molar-refractivity contribution in [2.24, 2.45) is 10.9 Å². The lowest BCUT2D eigenvalue weighted by Crippen LogP contribution is -2.44. The van der Waals surface area contributed by atoms with Gasteiger partial charge in [0.05, 0.1) is 0 Å². The first-order valence-electron chi connectivity index (χ1n) is 10.4. The highest BCUT2D eigenvalue weighted by atomic mass is 15.2. The van der Waals surface area contributed by atoms with Gasteiger partial charge in [0, 0.05) is 31.5 Å². The third-order valence-corrected chi connectivity index (χ3v) is 5.49. The van der Waals surface area contributed by atoms with Gasteiger partial charge in [0.25, 0.3) is 0 Å². The topological polar surface area (TPSA) is 54.2 Å². The minimum atomic E-state index is 0.537. The number of imidazole rings is 1. The van der Waals surface area contributed by atoms with E-state index < -0.39 is 0 Å². The Bertz CT molecular complexity index is 699. The minimum absolute atomic E-state index is 0.537. The normalized spacial score (nSPS) is 20.4. The van der Waals surface area contributed by atoms with Gasteiger partial charge in [-0.05, 0) is 44.1 Å². The molecule has 1 aliphatic rings. The van der Waals surface area contributed by atoms with Crippen LogP contribution in [0.4, 0.5) is 0 Å². The van der Waals surface area contributed by atoms with Gasteiger partial charge in [-0.1, -0.05) is 43.7 Å². The Morgan fingerprint density at radius 2 is 1.93 bits per heavy atom. The van der Waals surface area contributed by atoms with Crippen LogP contribution in [0.15, 0.2) is 47.7 Å². The summed E-state index contributed by atoms with van der Waals surface area (Å²) in [5.74, 6) is 2.81. The molecule has 1 aromatic carbocycles. The van der Waals surface area contributed by atoms with Crippen LogP contribution in [0.1, 0.15) is 57.3 Å². The fourth-order valence-electron chi connectivity index (χ4n) is 3.79. The molecule has 5 nitrogen and oxygen atoms in total. The fourth-order valence-corrected chi connectivity index (χ4v) is 3.79. The van der Waals surface area contributed by atoms with Crippen LogP contribution in [-0.2, 0) is 13.1 Å². The Kier molecular flexibility index (Phi) is 7.31. The summed E-state index contributed by atoms with van der Waals surface area (Å²) in [6.45, 7) is 6.70. The number of benzene rings is 1. The lowest BCUT2D eigenvalue weighted by molar-refractivity contribution is 0.304. The summed E-state index contributed by atoms with van der Waals surface area (Å²) in [5.41, 5.74) is 1.28. The number of nitrogens with zero attached hydrogens (tertiary/aromatic N) is 3. The summed E-state index contributed by atoms with van der Waals surface area (Å²) < 4.78 is 2.18. The van der Waals surface area contributed by atoms with Crippen molar-refractivity contribution in [3.8, 4) is 0 Å². The molecule has 27 heavy (non-hydrogen) atoms. The van der Waals surface area contributed by atoms with Crippen LogP contribution in [0.2, 0.25) is 0 Å². The molecule has 1 saturated carbocycles. The van der Waals surface area contributed by atoms with E-state index in [-0.39, 0.29) is 0 Å². The molecular formula is C22H33N5. The standard InChI is InChI=1S/C22H33N5/c1-3-18-10-12-20(13-11-18)26-22(23-4-2)25-16-21-24-14-15-27(21)17-19-8-6-5-7-9-19/h5-9,14-15,18,20H,3-4,10-13,16-17H2,1-2H3,(H2,23,25,26).